The van der Waals surface area contributed by atoms with Crippen molar-refractivity contribution in [3.05, 3.63) is 83.7 Å². The molecule has 0 aliphatic carbocycles. The zero-order chi connectivity index (χ0) is 34.1. The molecule has 0 spiro atoms. The number of urea groups is 1. The molecule has 0 atom stereocenters. The first-order valence-electron chi connectivity index (χ1n) is 16.8. The number of hydrogen-bond donors (Lipinski definition) is 0. The minimum atomic E-state index is -4.00. The zero-order valence-electron chi connectivity index (χ0n) is 27.8. The van der Waals surface area contributed by atoms with Crippen molar-refractivity contribution in [1.29, 1.82) is 5.26 Å². The fourth-order valence-corrected chi connectivity index (χ4v) is 7.98. The standard InChI is InChI=1S/C37H40N6O5S/c1-26-3-6-32(7-4-26)49(45,46)43-25-34(28-5-8-35(29(21-28)23-38)48-31-11-19-47-20-12-31)33-22-30(24-39-36(33)43)27-9-13-41(14-10-27)37(44)42-17-15-40(2)16-18-42/h3-9,21-22,24-25,31H,10-20H2,1-2H3. The lowest BCUT2D eigenvalue weighted by atomic mass is 9.98. The number of aromatic nitrogens is 2. The summed E-state index contributed by atoms with van der Waals surface area (Å²) in [4.78, 5) is 24.1. The summed E-state index contributed by atoms with van der Waals surface area (Å²) < 4.78 is 40.9. The second-order valence-corrected chi connectivity index (χ2v) is 14.8. The molecule has 3 aliphatic rings. The molecule has 11 nitrogen and oxygen atoms in total. The Morgan fingerprint density at radius 3 is 2.43 bits per heavy atom. The van der Waals surface area contributed by atoms with Gasteiger partial charge in [-0.3, -0.25) is 0 Å². The fourth-order valence-electron chi connectivity index (χ4n) is 6.66. The first-order valence-corrected chi connectivity index (χ1v) is 18.2. The highest BCUT2D eigenvalue weighted by Gasteiger charge is 2.27. The normalized spacial score (nSPS) is 17.9. The molecule has 49 heavy (non-hydrogen) atoms. The van der Waals surface area contributed by atoms with E-state index in [-0.39, 0.29) is 17.0 Å². The predicted octanol–water partition coefficient (Wildman–Crippen LogP) is 5.13. The van der Waals surface area contributed by atoms with Crippen LogP contribution >= 0.6 is 0 Å². The van der Waals surface area contributed by atoms with Gasteiger partial charge in [0.05, 0.1) is 23.7 Å². The molecule has 0 bridgehead atoms. The van der Waals surface area contributed by atoms with Crippen molar-refractivity contribution in [3.63, 3.8) is 0 Å². The minimum Gasteiger partial charge on any atom is -0.489 e. The Balaban J connectivity index is 1.25. The number of nitrogens with zero attached hydrogens (tertiary/aromatic N) is 6. The third kappa shape index (κ3) is 6.66. The maximum absolute atomic E-state index is 14.0. The molecule has 12 heteroatoms. The molecule has 3 aliphatic heterocycles. The van der Waals surface area contributed by atoms with Gasteiger partial charge in [0.15, 0.2) is 5.65 Å². The van der Waals surface area contributed by atoms with Gasteiger partial charge in [-0.15, -0.1) is 0 Å². The topological polar surface area (TPSA) is 121 Å². The number of ether oxygens (including phenoxy) is 2. The van der Waals surface area contributed by atoms with Crippen LogP contribution in [0.25, 0.3) is 27.7 Å². The largest absolute Gasteiger partial charge is 0.489 e. The maximum Gasteiger partial charge on any atom is 0.320 e. The van der Waals surface area contributed by atoms with Gasteiger partial charge in [0.25, 0.3) is 10.0 Å². The molecule has 0 saturated carbocycles. The van der Waals surface area contributed by atoms with E-state index in [1.165, 1.54) is 3.97 Å². The SMILES string of the molecule is Cc1ccc(S(=O)(=O)n2cc(-c3ccc(OC4CCOCC4)c(C#N)c3)c3cc(C4=CCN(C(=O)N5CCN(C)CC5)CC4)cnc32)cc1. The highest BCUT2D eigenvalue weighted by atomic mass is 32.2. The third-order valence-electron chi connectivity index (χ3n) is 9.69. The number of fused-ring (bicyclic) bond motifs is 1. The van der Waals surface area contributed by atoms with E-state index in [0.29, 0.717) is 66.2 Å². The predicted molar refractivity (Wildman–Crippen MR) is 187 cm³/mol. The minimum absolute atomic E-state index is 0.0310. The van der Waals surface area contributed by atoms with E-state index in [1.54, 1.807) is 48.8 Å². The van der Waals surface area contributed by atoms with Crippen molar-refractivity contribution in [2.75, 3.05) is 59.5 Å². The monoisotopic (exact) mass is 680 g/mol. The first-order chi connectivity index (χ1) is 23.7. The Morgan fingerprint density at radius 1 is 0.980 bits per heavy atom. The van der Waals surface area contributed by atoms with Crippen LogP contribution in [0.2, 0.25) is 0 Å². The van der Waals surface area contributed by atoms with Gasteiger partial charge in [-0.1, -0.05) is 29.8 Å². The van der Waals surface area contributed by atoms with E-state index in [2.05, 4.69) is 24.1 Å². The average molecular weight is 681 g/mol. The summed E-state index contributed by atoms with van der Waals surface area (Å²) in [6.07, 6.45) is 7.50. The molecule has 0 N–H and O–H groups in total. The maximum atomic E-state index is 14.0. The van der Waals surface area contributed by atoms with Crippen molar-refractivity contribution in [2.45, 2.75) is 37.2 Å². The van der Waals surface area contributed by atoms with Crippen molar-refractivity contribution in [2.24, 2.45) is 0 Å². The number of pyridine rings is 1. The van der Waals surface area contributed by atoms with Gasteiger partial charge in [0, 0.05) is 75.5 Å². The average Bonchev–Trinajstić information content (AvgIpc) is 3.52. The molecule has 2 fully saturated rings. The molecule has 4 aromatic rings. The lowest BCUT2D eigenvalue weighted by Crippen LogP contribution is -2.52. The van der Waals surface area contributed by atoms with Crippen molar-refractivity contribution >= 4 is 32.7 Å². The quantitative estimate of drug-likeness (QED) is 0.275. The summed E-state index contributed by atoms with van der Waals surface area (Å²) in [5.41, 5.74) is 4.85. The van der Waals surface area contributed by atoms with Gasteiger partial charge < -0.3 is 24.2 Å². The lowest BCUT2D eigenvalue weighted by Gasteiger charge is -2.37. The van der Waals surface area contributed by atoms with Crippen LogP contribution in [0.4, 0.5) is 4.79 Å². The fraction of sp³-hybridized carbons (Fsp3) is 0.378. The molecule has 2 aromatic heterocycles. The number of likely N-dealkylation sites (N-methyl/N-ethyl adjacent to an activating group) is 1. The highest BCUT2D eigenvalue weighted by Crippen LogP contribution is 2.37. The van der Waals surface area contributed by atoms with Crippen LogP contribution in [0.15, 0.2) is 71.9 Å². The van der Waals surface area contributed by atoms with E-state index in [4.69, 9.17) is 14.5 Å². The molecule has 2 aromatic carbocycles. The highest BCUT2D eigenvalue weighted by molar-refractivity contribution is 7.90. The number of amides is 2. The van der Waals surface area contributed by atoms with Gasteiger partial charge in [-0.25, -0.2) is 22.2 Å². The van der Waals surface area contributed by atoms with Crippen LogP contribution in [0.3, 0.4) is 0 Å². The van der Waals surface area contributed by atoms with Gasteiger partial charge in [-0.2, -0.15) is 5.26 Å². The number of nitriles is 1. The molecule has 0 unspecified atom stereocenters. The van der Waals surface area contributed by atoms with Gasteiger partial charge in [0.1, 0.15) is 17.9 Å². The van der Waals surface area contributed by atoms with E-state index in [9.17, 15) is 18.5 Å². The number of piperazine rings is 1. The Kier molecular flexibility index (Phi) is 9.15. The molecule has 2 saturated heterocycles. The summed E-state index contributed by atoms with van der Waals surface area (Å²) in [7, 11) is -1.93. The third-order valence-corrected chi connectivity index (χ3v) is 11.4. The number of carbonyl (C=O) groups is 1. The summed E-state index contributed by atoms with van der Waals surface area (Å²) in [5.74, 6) is 0.496. The zero-order valence-corrected chi connectivity index (χ0v) is 28.7. The molecule has 7 rings (SSSR count). The number of carbonyl (C=O) groups excluding carboxylic acids is 1. The smallest absolute Gasteiger partial charge is 0.320 e. The molecule has 254 valence electrons. The van der Waals surface area contributed by atoms with E-state index in [1.807, 2.05) is 28.9 Å². The molecular weight excluding hydrogens is 641 g/mol. The Hall–Kier alpha value is -4.70. The van der Waals surface area contributed by atoms with Crippen molar-refractivity contribution in [1.82, 2.24) is 23.7 Å². The number of hydrogen-bond acceptors (Lipinski definition) is 8. The Labute approximate surface area is 287 Å². The summed E-state index contributed by atoms with van der Waals surface area (Å²) in [6, 6.07) is 16.5. The molecule has 5 heterocycles. The van der Waals surface area contributed by atoms with E-state index < -0.39 is 10.0 Å². The van der Waals surface area contributed by atoms with Crippen LogP contribution in [0, 0.1) is 18.3 Å². The summed E-state index contributed by atoms with van der Waals surface area (Å²) in [6.45, 7) is 7.43. The Morgan fingerprint density at radius 2 is 1.73 bits per heavy atom. The molecule has 0 radical (unpaired) electrons. The van der Waals surface area contributed by atoms with E-state index >= 15 is 0 Å². The van der Waals surface area contributed by atoms with Crippen LogP contribution < -0.4 is 4.74 Å². The summed E-state index contributed by atoms with van der Waals surface area (Å²) in [5, 5.41) is 10.7. The molecule has 2 amide bonds. The second-order valence-electron chi connectivity index (χ2n) is 13.0. The van der Waals surface area contributed by atoms with Gasteiger partial charge >= 0.3 is 6.03 Å². The second kappa shape index (κ2) is 13.7. The summed E-state index contributed by atoms with van der Waals surface area (Å²) >= 11 is 0. The Bertz CT molecular complexity index is 2050. The lowest BCUT2D eigenvalue weighted by molar-refractivity contribution is 0.0254. The molecular formula is C37H40N6O5S. The van der Waals surface area contributed by atoms with Crippen LogP contribution in [0.1, 0.15) is 36.0 Å². The van der Waals surface area contributed by atoms with Crippen LogP contribution in [-0.4, -0.2) is 104 Å². The van der Waals surface area contributed by atoms with Gasteiger partial charge in [-0.05, 0) is 67.4 Å². The van der Waals surface area contributed by atoms with E-state index in [0.717, 1.165) is 55.7 Å². The number of benzene rings is 2. The van der Waals surface area contributed by atoms with Crippen molar-refractivity contribution in [3.8, 4) is 22.9 Å². The first kappa shape index (κ1) is 32.8. The van der Waals surface area contributed by atoms with Crippen molar-refractivity contribution < 1.29 is 22.7 Å². The number of aryl methyl sites for hydroxylation is 1. The van der Waals surface area contributed by atoms with Crippen LogP contribution in [0.5, 0.6) is 5.75 Å². The number of rotatable bonds is 6. The van der Waals surface area contributed by atoms with Crippen LogP contribution in [-0.2, 0) is 14.8 Å². The van der Waals surface area contributed by atoms with Gasteiger partial charge in [0.2, 0.25) is 0 Å².